The lowest BCUT2D eigenvalue weighted by atomic mass is 10.1. The van der Waals surface area contributed by atoms with E-state index in [0.717, 1.165) is 72.2 Å². The number of carbonyl (C=O) groups excluding carboxylic acids is 1. The molecular formula is C24H27N3O2S2. The molecular weight excluding hydrogens is 426 g/mol. The number of benzene rings is 1. The summed E-state index contributed by atoms with van der Waals surface area (Å²) in [6.07, 6.45) is 6.46. The number of carbonyl (C=O) groups is 1. The van der Waals surface area contributed by atoms with Crippen LogP contribution in [0.4, 0.5) is 0 Å². The lowest BCUT2D eigenvalue weighted by molar-refractivity contribution is -0.129. The third kappa shape index (κ3) is 3.82. The van der Waals surface area contributed by atoms with Crippen molar-refractivity contribution in [2.24, 2.45) is 0 Å². The van der Waals surface area contributed by atoms with Gasteiger partial charge in [-0.3, -0.25) is 14.2 Å². The molecule has 7 heteroatoms. The molecule has 2 aromatic heterocycles. The fraction of sp³-hybridized carbons (Fsp3) is 0.458. The standard InChI is InChI=1S/C24H27N3O2S2/c1-15-9-10-18(16(2)13-15)27-23(29)21-17-7-6-8-19(17)31-22(21)25-24(27)30-14-20(28)26-11-4-3-5-12-26/h9-10,13H,3-8,11-12,14H2,1-2H3. The number of piperidine rings is 1. The van der Waals surface area contributed by atoms with Crippen LogP contribution in [0.15, 0.2) is 28.2 Å². The van der Waals surface area contributed by atoms with Crippen LogP contribution in [-0.2, 0) is 17.6 Å². The van der Waals surface area contributed by atoms with Crippen molar-refractivity contribution in [3.63, 3.8) is 0 Å². The van der Waals surface area contributed by atoms with Crippen LogP contribution < -0.4 is 5.56 Å². The lowest BCUT2D eigenvalue weighted by Crippen LogP contribution is -2.36. The summed E-state index contributed by atoms with van der Waals surface area (Å²) in [6, 6.07) is 6.13. The molecule has 1 saturated heterocycles. The first kappa shape index (κ1) is 20.8. The molecule has 1 aliphatic carbocycles. The van der Waals surface area contributed by atoms with Crippen LogP contribution in [0.3, 0.4) is 0 Å². The predicted molar refractivity (Wildman–Crippen MR) is 128 cm³/mol. The summed E-state index contributed by atoms with van der Waals surface area (Å²) in [6.45, 7) is 5.77. The molecule has 0 N–H and O–H groups in total. The van der Waals surface area contributed by atoms with Gasteiger partial charge < -0.3 is 4.90 Å². The lowest BCUT2D eigenvalue weighted by Gasteiger charge is -2.26. The highest BCUT2D eigenvalue weighted by Crippen LogP contribution is 2.36. The highest BCUT2D eigenvalue weighted by Gasteiger charge is 2.25. The van der Waals surface area contributed by atoms with Crippen LogP contribution in [0, 0.1) is 13.8 Å². The Hall–Kier alpha value is -2.12. The Morgan fingerprint density at radius 2 is 1.94 bits per heavy atom. The van der Waals surface area contributed by atoms with Gasteiger partial charge in [-0.2, -0.15) is 0 Å². The minimum Gasteiger partial charge on any atom is -0.342 e. The highest BCUT2D eigenvalue weighted by molar-refractivity contribution is 7.99. The Bertz CT molecular complexity index is 1220. The van der Waals surface area contributed by atoms with Crippen molar-refractivity contribution in [3.8, 4) is 5.69 Å². The van der Waals surface area contributed by atoms with Crippen LogP contribution in [0.5, 0.6) is 0 Å². The number of thioether (sulfide) groups is 1. The number of hydrogen-bond acceptors (Lipinski definition) is 5. The largest absolute Gasteiger partial charge is 0.342 e. The van der Waals surface area contributed by atoms with Crippen molar-refractivity contribution in [1.82, 2.24) is 14.5 Å². The Balaban J connectivity index is 1.59. The molecule has 0 saturated carbocycles. The maximum Gasteiger partial charge on any atom is 0.267 e. The summed E-state index contributed by atoms with van der Waals surface area (Å²) in [5.41, 5.74) is 4.26. The van der Waals surface area contributed by atoms with Gasteiger partial charge >= 0.3 is 0 Å². The molecule has 0 unspecified atom stereocenters. The molecule has 0 atom stereocenters. The smallest absolute Gasteiger partial charge is 0.267 e. The first-order valence-electron chi connectivity index (χ1n) is 11.1. The molecule has 3 aromatic rings. The molecule has 162 valence electrons. The Kier molecular flexibility index (Phi) is 5.65. The van der Waals surface area contributed by atoms with Gasteiger partial charge in [0.05, 0.1) is 16.8 Å². The maximum absolute atomic E-state index is 13.8. The zero-order valence-electron chi connectivity index (χ0n) is 18.1. The number of aromatic nitrogens is 2. The molecule has 2 aliphatic rings. The zero-order valence-corrected chi connectivity index (χ0v) is 19.7. The van der Waals surface area contributed by atoms with E-state index in [0.29, 0.717) is 10.9 Å². The Morgan fingerprint density at radius 1 is 1.13 bits per heavy atom. The van der Waals surface area contributed by atoms with Gasteiger partial charge in [0.2, 0.25) is 5.91 Å². The van der Waals surface area contributed by atoms with E-state index in [1.165, 1.54) is 28.6 Å². The van der Waals surface area contributed by atoms with Gasteiger partial charge in [-0.1, -0.05) is 29.5 Å². The van der Waals surface area contributed by atoms with E-state index >= 15 is 0 Å². The molecule has 1 fully saturated rings. The number of rotatable bonds is 4. The van der Waals surface area contributed by atoms with Gasteiger partial charge in [0.15, 0.2) is 5.16 Å². The number of hydrogen-bond donors (Lipinski definition) is 0. The van der Waals surface area contributed by atoms with Gasteiger partial charge in [-0.25, -0.2) is 4.98 Å². The molecule has 1 aliphatic heterocycles. The van der Waals surface area contributed by atoms with Crippen LogP contribution in [0.1, 0.15) is 47.3 Å². The fourth-order valence-electron chi connectivity index (χ4n) is 4.75. The second-order valence-corrected chi connectivity index (χ2v) is 10.6. The fourth-order valence-corrected chi connectivity index (χ4v) is 6.96. The van der Waals surface area contributed by atoms with E-state index in [1.54, 1.807) is 15.9 Å². The molecule has 0 radical (unpaired) electrons. The predicted octanol–water partition coefficient (Wildman–Crippen LogP) is 4.66. The van der Waals surface area contributed by atoms with Crippen LogP contribution in [0.2, 0.25) is 0 Å². The van der Waals surface area contributed by atoms with Gasteiger partial charge in [0.1, 0.15) is 4.83 Å². The highest BCUT2D eigenvalue weighted by atomic mass is 32.2. The van der Waals surface area contributed by atoms with Gasteiger partial charge in [-0.15, -0.1) is 11.3 Å². The topological polar surface area (TPSA) is 55.2 Å². The second kappa shape index (κ2) is 8.43. The van der Waals surface area contributed by atoms with Crippen LogP contribution in [0.25, 0.3) is 15.9 Å². The number of amides is 1. The molecule has 3 heterocycles. The maximum atomic E-state index is 13.8. The van der Waals surface area contributed by atoms with Crippen LogP contribution >= 0.6 is 23.1 Å². The summed E-state index contributed by atoms with van der Waals surface area (Å²) >= 11 is 3.05. The number of nitrogens with zero attached hydrogens (tertiary/aromatic N) is 3. The Labute approximate surface area is 190 Å². The third-order valence-electron chi connectivity index (χ3n) is 6.33. The summed E-state index contributed by atoms with van der Waals surface area (Å²) in [5, 5.41) is 1.40. The average molecular weight is 454 g/mol. The van der Waals surface area contributed by atoms with E-state index in [1.807, 2.05) is 24.0 Å². The van der Waals surface area contributed by atoms with Gasteiger partial charge in [0, 0.05) is 18.0 Å². The molecule has 5 rings (SSSR count). The second-order valence-electron chi connectivity index (χ2n) is 8.59. The number of likely N-dealkylation sites (tertiary alicyclic amines) is 1. The third-order valence-corrected chi connectivity index (χ3v) is 8.44. The number of fused-ring (bicyclic) bond motifs is 3. The van der Waals surface area contributed by atoms with Crippen LogP contribution in [-0.4, -0.2) is 39.2 Å². The van der Waals surface area contributed by atoms with Crippen molar-refractivity contribution in [1.29, 1.82) is 0 Å². The summed E-state index contributed by atoms with van der Waals surface area (Å²) in [4.78, 5) is 35.6. The first-order chi connectivity index (χ1) is 15.0. The molecule has 0 bridgehead atoms. The molecule has 5 nitrogen and oxygen atoms in total. The van der Waals surface area contributed by atoms with Crippen molar-refractivity contribution in [3.05, 3.63) is 50.1 Å². The van der Waals surface area contributed by atoms with Crippen molar-refractivity contribution < 1.29 is 4.79 Å². The van der Waals surface area contributed by atoms with E-state index in [9.17, 15) is 9.59 Å². The normalized spacial score (nSPS) is 16.1. The Morgan fingerprint density at radius 3 is 2.71 bits per heavy atom. The van der Waals surface area contributed by atoms with E-state index in [2.05, 4.69) is 13.0 Å². The van der Waals surface area contributed by atoms with E-state index in [4.69, 9.17) is 4.98 Å². The zero-order chi connectivity index (χ0) is 21.5. The molecule has 0 spiro atoms. The summed E-state index contributed by atoms with van der Waals surface area (Å²) in [7, 11) is 0. The number of thiophene rings is 1. The minimum absolute atomic E-state index is 0.00396. The van der Waals surface area contributed by atoms with E-state index < -0.39 is 0 Å². The van der Waals surface area contributed by atoms with Gasteiger partial charge in [0.25, 0.3) is 5.56 Å². The monoisotopic (exact) mass is 453 g/mol. The summed E-state index contributed by atoms with van der Waals surface area (Å²) in [5.74, 6) is 0.452. The van der Waals surface area contributed by atoms with Crippen molar-refractivity contribution in [2.75, 3.05) is 18.8 Å². The minimum atomic E-state index is 0.00396. The SMILES string of the molecule is Cc1ccc(-n2c(SCC(=O)N3CCCCC3)nc3sc4c(c3c2=O)CCC4)c(C)c1. The molecule has 1 aromatic carbocycles. The summed E-state index contributed by atoms with van der Waals surface area (Å²) < 4.78 is 1.75. The molecule has 31 heavy (non-hydrogen) atoms. The van der Waals surface area contributed by atoms with E-state index in [-0.39, 0.29) is 11.5 Å². The first-order valence-corrected chi connectivity index (χ1v) is 12.9. The van der Waals surface area contributed by atoms with Crippen molar-refractivity contribution in [2.45, 2.75) is 57.5 Å². The number of aryl methyl sites for hydroxylation is 4. The quantitative estimate of drug-likeness (QED) is 0.426. The average Bonchev–Trinajstić information content (AvgIpc) is 3.34. The molecule has 1 amide bonds. The van der Waals surface area contributed by atoms with Crippen molar-refractivity contribution >= 4 is 39.2 Å². The van der Waals surface area contributed by atoms with Gasteiger partial charge in [-0.05, 0) is 69.6 Å².